The molecule has 0 spiro atoms. The normalized spacial score (nSPS) is 9.47. The fraction of sp³-hybridized carbons (Fsp3) is 0.0667. The third-order valence-electron chi connectivity index (χ3n) is 2.47. The van der Waals surface area contributed by atoms with Crippen molar-refractivity contribution in [3.63, 3.8) is 0 Å². The van der Waals surface area contributed by atoms with Gasteiger partial charge >= 0.3 is 6.09 Å². The molecule has 4 nitrogen and oxygen atoms in total. The molecule has 1 amide bonds. The van der Waals surface area contributed by atoms with Gasteiger partial charge in [0.25, 0.3) is 0 Å². The van der Waals surface area contributed by atoms with Crippen molar-refractivity contribution in [2.24, 2.45) is 0 Å². The number of nitrogens with one attached hydrogen (secondary N) is 1. The van der Waals surface area contributed by atoms with Gasteiger partial charge < -0.3 is 4.74 Å². The molecule has 2 aromatic carbocycles. The van der Waals surface area contributed by atoms with Crippen LogP contribution in [-0.2, 0) is 0 Å². The monoisotopic (exact) mass is 252 g/mol. The van der Waals surface area contributed by atoms with Crippen molar-refractivity contribution in [3.8, 4) is 11.8 Å². The Labute approximate surface area is 111 Å². The molecule has 0 aliphatic rings. The standard InChI is InChI=1S/C15H12N2O2/c1-11-5-4-7-13(9-11)17-15(18)19-14-8-3-2-6-12(14)10-16/h2-9H,1H3,(H,17,18). The van der Waals surface area contributed by atoms with Crippen molar-refractivity contribution >= 4 is 11.8 Å². The molecule has 0 aliphatic heterocycles. The van der Waals surface area contributed by atoms with E-state index in [2.05, 4.69) is 5.32 Å². The molecule has 0 aliphatic carbocycles. The van der Waals surface area contributed by atoms with E-state index in [0.717, 1.165) is 5.56 Å². The van der Waals surface area contributed by atoms with Gasteiger partial charge in [-0.15, -0.1) is 0 Å². The number of nitrogens with zero attached hydrogens (tertiary/aromatic N) is 1. The van der Waals surface area contributed by atoms with E-state index in [1.165, 1.54) is 0 Å². The third-order valence-corrected chi connectivity index (χ3v) is 2.47. The van der Waals surface area contributed by atoms with E-state index in [1.807, 2.05) is 31.2 Å². The molecular formula is C15H12N2O2. The highest BCUT2D eigenvalue weighted by Crippen LogP contribution is 2.17. The van der Waals surface area contributed by atoms with Crippen molar-refractivity contribution in [3.05, 3.63) is 59.7 Å². The van der Waals surface area contributed by atoms with E-state index >= 15 is 0 Å². The number of anilines is 1. The average Bonchev–Trinajstić information content (AvgIpc) is 2.39. The second-order valence-electron chi connectivity index (χ2n) is 3.99. The lowest BCUT2D eigenvalue weighted by molar-refractivity contribution is 0.215. The van der Waals surface area contributed by atoms with E-state index in [-0.39, 0.29) is 5.75 Å². The number of ether oxygens (including phenoxy) is 1. The highest BCUT2D eigenvalue weighted by molar-refractivity contribution is 5.86. The lowest BCUT2D eigenvalue weighted by Gasteiger charge is -2.08. The summed E-state index contributed by atoms with van der Waals surface area (Å²) in [5, 5.41) is 11.5. The minimum Gasteiger partial charge on any atom is -0.409 e. The topological polar surface area (TPSA) is 62.1 Å². The van der Waals surface area contributed by atoms with Crippen LogP contribution >= 0.6 is 0 Å². The summed E-state index contributed by atoms with van der Waals surface area (Å²) in [4.78, 5) is 11.7. The molecule has 94 valence electrons. The maximum absolute atomic E-state index is 11.7. The van der Waals surface area contributed by atoms with Gasteiger partial charge in [-0.2, -0.15) is 5.26 Å². The second-order valence-corrected chi connectivity index (χ2v) is 3.99. The number of nitriles is 1. The zero-order valence-corrected chi connectivity index (χ0v) is 10.4. The van der Waals surface area contributed by atoms with E-state index < -0.39 is 6.09 Å². The van der Waals surface area contributed by atoms with Gasteiger partial charge in [0, 0.05) is 5.69 Å². The zero-order chi connectivity index (χ0) is 13.7. The lowest BCUT2D eigenvalue weighted by atomic mass is 10.2. The summed E-state index contributed by atoms with van der Waals surface area (Å²) < 4.78 is 5.11. The van der Waals surface area contributed by atoms with Crippen LogP contribution in [0.1, 0.15) is 11.1 Å². The first-order valence-corrected chi connectivity index (χ1v) is 5.73. The Morgan fingerprint density at radius 3 is 2.74 bits per heavy atom. The van der Waals surface area contributed by atoms with Crippen molar-refractivity contribution in [2.45, 2.75) is 6.92 Å². The molecule has 0 unspecified atom stereocenters. The Kier molecular flexibility index (Phi) is 3.79. The predicted molar refractivity (Wildman–Crippen MR) is 72.0 cm³/mol. The SMILES string of the molecule is Cc1cccc(NC(=O)Oc2ccccc2C#N)c1. The maximum atomic E-state index is 11.7. The molecule has 2 aromatic rings. The van der Waals surface area contributed by atoms with E-state index in [9.17, 15) is 4.79 Å². The summed E-state index contributed by atoms with van der Waals surface area (Å²) in [6.45, 7) is 1.93. The number of amides is 1. The Hall–Kier alpha value is -2.80. The summed E-state index contributed by atoms with van der Waals surface area (Å²) in [6, 6.07) is 15.9. The predicted octanol–water partition coefficient (Wildman–Crippen LogP) is 3.48. The summed E-state index contributed by atoms with van der Waals surface area (Å²) >= 11 is 0. The number of benzene rings is 2. The third kappa shape index (κ3) is 3.33. The zero-order valence-electron chi connectivity index (χ0n) is 10.4. The average molecular weight is 252 g/mol. The Morgan fingerprint density at radius 1 is 1.21 bits per heavy atom. The molecule has 2 rings (SSSR count). The second kappa shape index (κ2) is 5.69. The molecule has 1 N–H and O–H groups in total. The van der Waals surface area contributed by atoms with Gasteiger partial charge in [-0.05, 0) is 36.8 Å². The van der Waals surface area contributed by atoms with Gasteiger partial charge in [0.15, 0.2) is 5.75 Å². The van der Waals surface area contributed by atoms with Gasteiger partial charge in [-0.3, -0.25) is 5.32 Å². The van der Waals surface area contributed by atoms with Gasteiger partial charge in [-0.1, -0.05) is 24.3 Å². The van der Waals surface area contributed by atoms with E-state index in [4.69, 9.17) is 10.00 Å². The number of carbonyl (C=O) groups is 1. The van der Waals surface area contributed by atoms with Gasteiger partial charge in [-0.25, -0.2) is 4.79 Å². The molecule has 0 radical (unpaired) electrons. The van der Waals surface area contributed by atoms with Gasteiger partial charge in [0.1, 0.15) is 6.07 Å². The number of hydrogen-bond donors (Lipinski definition) is 1. The van der Waals surface area contributed by atoms with E-state index in [0.29, 0.717) is 11.3 Å². The van der Waals surface area contributed by atoms with Crippen LogP contribution in [0.15, 0.2) is 48.5 Å². The quantitative estimate of drug-likeness (QED) is 0.890. The molecule has 4 heteroatoms. The number of aryl methyl sites for hydroxylation is 1. The first-order valence-electron chi connectivity index (χ1n) is 5.73. The van der Waals surface area contributed by atoms with Crippen molar-refractivity contribution in [1.82, 2.24) is 0 Å². The summed E-state index contributed by atoms with van der Waals surface area (Å²) in [5.74, 6) is 0.246. The maximum Gasteiger partial charge on any atom is 0.417 e. The summed E-state index contributed by atoms with van der Waals surface area (Å²) in [6.07, 6.45) is -0.617. The molecule has 0 aromatic heterocycles. The largest absolute Gasteiger partial charge is 0.417 e. The van der Waals surface area contributed by atoms with Crippen LogP contribution in [-0.4, -0.2) is 6.09 Å². The summed E-state index contributed by atoms with van der Waals surface area (Å²) in [7, 11) is 0. The van der Waals surface area contributed by atoms with Crippen LogP contribution in [0.5, 0.6) is 5.75 Å². The molecular weight excluding hydrogens is 240 g/mol. The van der Waals surface area contributed by atoms with Gasteiger partial charge in [0.2, 0.25) is 0 Å². The first kappa shape index (κ1) is 12.7. The fourth-order valence-electron chi connectivity index (χ4n) is 1.61. The molecule has 0 bridgehead atoms. The Bertz CT molecular complexity index is 645. The minimum atomic E-state index is -0.617. The van der Waals surface area contributed by atoms with Crippen molar-refractivity contribution < 1.29 is 9.53 Å². The van der Waals surface area contributed by atoms with Crippen molar-refractivity contribution in [2.75, 3.05) is 5.32 Å². The number of para-hydroxylation sites is 1. The van der Waals surface area contributed by atoms with Crippen LogP contribution < -0.4 is 10.1 Å². The first-order chi connectivity index (χ1) is 9.19. The number of hydrogen-bond acceptors (Lipinski definition) is 3. The Balaban J connectivity index is 2.08. The summed E-state index contributed by atoms with van der Waals surface area (Å²) in [5.41, 5.74) is 2.01. The Morgan fingerprint density at radius 2 is 2.00 bits per heavy atom. The molecule has 0 saturated heterocycles. The van der Waals surface area contributed by atoms with Gasteiger partial charge in [0.05, 0.1) is 5.56 Å². The van der Waals surface area contributed by atoms with Crippen LogP contribution in [0.2, 0.25) is 0 Å². The van der Waals surface area contributed by atoms with Crippen molar-refractivity contribution in [1.29, 1.82) is 5.26 Å². The van der Waals surface area contributed by atoms with Crippen LogP contribution in [0.25, 0.3) is 0 Å². The highest BCUT2D eigenvalue weighted by atomic mass is 16.6. The number of rotatable bonds is 2. The fourth-order valence-corrected chi connectivity index (χ4v) is 1.61. The minimum absolute atomic E-state index is 0.246. The molecule has 0 fully saturated rings. The highest BCUT2D eigenvalue weighted by Gasteiger charge is 2.08. The smallest absolute Gasteiger partial charge is 0.409 e. The van der Waals surface area contributed by atoms with Crippen LogP contribution in [0.3, 0.4) is 0 Å². The molecule has 0 heterocycles. The van der Waals surface area contributed by atoms with Crippen LogP contribution in [0.4, 0.5) is 10.5 Å². The molecule has 19 heavy (non-hydrogen) atoms. The van der Waals surface area contributed by atoms with E-state index in [1.54, 1.807) is 30.3 Å². The molecule has 0 atom stereocenters. The van der Waals surface area contributed by atoms with Crippen LogP contribution in [0, 0.1) is 18.3 Å². The number of carbonyl (C=O) groups excluding carboxylic acids is 1. The molecule has 0 saturated carbocycles. The lowest BCUT2D eigenvalue weighted by Crippen LogP contribution is -2.17.